The highest BCUT2D eigenvalue weighted by Gasteiger charge is 2.24. The van der Waals surface area contributed by atoms with E-state index in [0.717, 1.165) is 29.4 Å². The molecule has 0 aromatic heterocycles. The zero-order valence-corrected chi connectivity index (χ0v) is 8.31. The maximum atomic E-state index is 10.1. The Kier molecular flexibility index (Phi) is 1.89. The zero-order chi connectivity index (χ0) is 10.3. The van der Waals surface area contributed by atoms with Crippen molar-refractivity contribution in [3.05, 3.63) is 42.0 Å². The Morgan fingerprint density at radius 1 is 1.20 bits per heavy atom. The van der Waals surface area contributed by atoms with Crippen LogP contribution in [0.4, 0.5) is 0 Å². The highest BCUT2D eigenvalue weighted by Crippen LogP contribution is 2.31. The van der Waals surface area contributed by atoms with Crippen LogP contribution in [-0.4, -0.2) is 17.8 Å². The molecule has 76 valence electrons. The van der Waals surface area contributed by atoms with E-state index in [0.29, 0.717) is 11.9 Å². The van der Waals surface area contributed by atoms with E-state index in [2.05, 4.69) is 0 Å². The first-order valence-electron chi connectivity index (χ1n) is 5.16. The lowest BCUT2D eigenvalue weighted by Crippen LogP contribution is -1.93. The number of phenols is 1. The summed E-state index contributed by atoms with van der Waals surface area (Å²) in [4.78, 5) is 0. The highest BCUT2D eigenvalue weighted by molar-refractivity contribution is 5.89. The summed E-state index contributed by atoms with van der Waals surface area (Å²) in [5.74, 6) is 0.406. The molecule has 1 aliphatic rings. The number of ether oxygens (including phenoxy) is 1. The zero-order valence-electron chi connectivity index (χ0n) is 8.31. The molecule has 0 radical (unpaired) electrons. The van der Waals surface area contributed by atoms with Crippen molar-refractivity contribution in [3.63, 3.8) is 0 Å². The van der Waals surface area contributed by atoms with Crippen LogP contribution in [0.3, 0.4) is 0 Å². The summed E-state index contributed by atoms with van der Waals surface area (Å²) in [7, 11) is 0. The first kappa shape index (κ1) is 8.74. The third-order valence-corrected chi connectivity index (χ3v) is 2.83. The number of rotatable bonds is 2. The molecule has 1 atom stereocenters. The van der Waals surface area contributed by atoms with Crippen LogP contribution >= 0.6 is 0 Å². The van der Waals surface area contributed by atoms with Gasteiger partial charge in [0.15, 0.2) is 0 Å². The first-order chi connectivity index (χ1) is 7.34. The Morgan fingerprint density at radius 3 is 2.80 bits per heavy atom. The van der Waals surface area contributed by atoms with Crippen LogP contribution in [0.2, 0.25) is 0 Å². The Labute approximate surface area is 88.1 Å². The van der Waals surface area contributed by atoms with Crippen LogP contribution < -0.4 is 0 Å². The average molecular weight is 200 g/mol. The molecule has 0 amide bonds. The summed E-state index contributed by atoms with van der Waals surface area (Å²) < 4.78 is 5.17. The second-order valence-corrected chi connectivity index (χ2v) is 3.95. The molecule has 0 spiro atoms. The molecule has 1 heterocycles. The summed E-state index contributed by atoms with van der Waals surface area (Å²) in [6.07, 6.45) is 1.13. The number of phenolic OH excluding ortho intramolecular Hbond substituents is 1. The van der Waals surface area contributed by atoms with E-state index in [1.807, 2.05) is 36.4 Å². The van der Waals surface area contributed by atoms with Gasteiger partial charge in [-0.15, -0.1) is 0 Å². The van der Waals surface area contributed by atoms with E-state index in [-0.39, 0.29) is 0 Å². The molecule has 15 heavy (non-hydrogen) atoms. The monoisotopic (exact) mass is 200 g/mol. The molecule has 1 unspecified atom stereocenters. The van der Waals surface area contributed by atoms with Gasteiger partial charge in [0.05, 0.1) is 12.7 Å². The number of hydrogen-bond acceptors (Lipinski definition) is 2. The molecule has 2 aromatic rings. The fraction of sp³-hybridized carbons (Fsp3) is 0.231. The third-order valence-electron chi connectivity index (χ3n) is 2.83. The quantitative estimate of drug-likeness (QED) is 0.755. The minimum Gasteiger partial charge on any atom is -0.507 e. The van der Waals surface area contributed by atoms with Crippen LogP contribution in [0.5, 0.6) is 5.75 Å². The number of benzene rings is 2. The Bertz CT molecular complexity index is 501. The van der Waals surface area contributed by atoms with Crippen LogP contribution in [-0.2, 0) is 11.2 Å². The average Bonchev–Trinajstić information content (AvgIpc) is 3.07. The van der Waals surface area contributed by atoms with Gasteiger partial charge in [-0.1, -0.05) is 36.4 Å². The van der Waals surface area contributed by atoms with Crippen LogP contribution in [0.15, 0.2) is 36.4 Å². The van der Waals surface area contributed by atoms with Gasteiger partial charge in [-0.3, -0.25) is 0 Å². The molecule has 1 fully saturated rings. The minimum absolute atomic E-state index is 0.317. The molecular weight excluding hydrogens is 188 g/mol. The van der Waals surface area contributed by atoms with Gasteiger partial charge in [0.1, 0.15) is 5.75 Å². The number of epoxide rings is 1. The second-order valence-electron chi connectivity index (χ2n) is 3.95. The molecule has 1 N–H and O–H groups in total. The van der Waals surface area contributed by atoms with Crippen molar-refractivity contribution in [2.24, 2.45) is 0 Å². The Balaban J connectivity index is 2.11. The lowest BCUT2D eigenvalue weighted by atomic mass is 10.0. The van der Waals surface area contributed by atoms with Crippen molar-refractivity contribution >= 4 is 10.8 Å². The molecule has 0 bridgehead atoms. The van der Waals surface area contributed by atoms with Gasteiger partial charge in [0, 0.05) is 11.8 Å². The molecule has 2 aromatic carbocycles. The van der Waals surface area contributed by atoms with Crippen molar-refractivity contribution in [3.8, 4) is 5.75 Å². The van der Waals surface area contributed by atoms with Crippen molar-refractivity contribution in [1.82, 2.24) is 0 Å². The molecule has 2 heteroatoms. The van der Waals surface area contributed by atoms with Gasteiger partial charge in [-0.25, -0.2) is 0 Å². The molecule has 3 rings (SSSR count). The molecule has 0 saturated carbocycles. The van der Waals surface area contributed by atoms with E-state index in [1.54, 1.807) is 0 Å². The van der Waals surface area contributed by atoms with Gasteiger partial charge in [0.2, 0.25) is 0 Å². The number of aromatic hydroxyl groups is 1. The van der Waals surface area contributed by atoms with Gasteiger partial charge in [0.25, 0.3) is 0 Å². The first-order valence-corrected chi connectivity index (χ1v) is 5.16. The van der Waals surface area contributed by atoms with E-state index < -0.39 is 0 Å². The largest absolute Gasteiger partial charge is 0.507 e. The molecule has 0 aliphatic carbocycles. The maximum Gasteiger partial charge on any atom is 0.126 e. The summed E-state index contributed by atoms with van der Waals surface area (Å²) in [5.41, 5.74) is 0.983. The van der Waals surface area contributed by atoms with E-state index in [9.17, 15) is 5.11 Å². The highest BCUT2D eigenvalue weighted by atomic mass is 16.6. The smallest absolute Gasteiger partial charge is 0.126 e. The van der Waals surface area contributed by atoms with Crippen molar-refractivity contribution in [1.29, 1.82) is 0 Å². The third kappa shape index (κ3) is 1.57. The Hall–Kier alpha value is -1.54. The van der Waals surface area contributed by atoms with E-state index >= 15 is 0 Å². The topological polar surface area (TPSA) is 32.8 Å². The lowest BCUT2D eigenvalue weighted by Gasteiger charge is -2.06. The number of hydrogen-bond donors (Lipinski definition) is 1. The summed E-state index contributed by atoms with van der Waals surface area (Å²) >= 11 is 0. The maximum absolute atomic E-state index is 10.1. The van der Waals surface area contributed by atoms with Gasteiger partial charge in [-0.05, 0) is 10.9 Å². The van der Waals surface area contributed by atoms with Gasteiger partial charge < -0.3 is 9.84 Å². The van der Waals surface area contributed by atoms with E-state index in [4.69, 9.17) is 4.74 Å². The molecule has 1 saturated heterocycles. The lowest BCUT2D eigenvalue weighted by molar-refractivity contribution is 0.402. The standard InChI is InChI=1S/C13H12O2/c14-13-10(7-11-8-15-11)6-5-9-3-1-2-4-12(9)13/h1-6,11,14H,7-8H2. The van der Waals surface area contributed by atoms with Crippen molar-refractivity contribution in [2.75, 3.05) is 6.61 Å². The summed E-state index contributed by atoms with van der Waals surface area (Å²) in [6, 6.07) is 11.9. The van der Waals surface area contributed by atoms with E-state index in [1.165, 1.54) is 0 Å². The molecular formula is C13H12O2. The SMILES string of the molecule is Oc1c(CC2CO2)ccc2ccccc12. The summed E-state index contributed by atoms with van der Waals surface area (Å²) in [6.45, 7) is 0.826. The van der Waals surface area contributed by atoms with Gasteiger partial charge >= 0.3 is 0 Å². The van der Waals surface area contributed by atoms with Gasteiger partial charge in [-0.2, -0.15) is 0 Å². The normalized spacial score (nSPS) is 19.3. The fourth-order valence-corrected chi connectivity index (χ4v) is 1.90. The summed E-state index contributed by atoms with van der Waals surface area (Å²) in [5, 5.41) is 12.1. The minimum atomic E-state index is 0.317. The van der Waals surface area contributed by atoms with Crippen LogP contribution in [0.25, 0.3) is 10.8 Å². The predicted octanol–water partition coefficient (Wildman–Crippen LogP) is 2.49. The molecule has 2 nitrogen and oxygen atoms in total. The van der Waals surface area contributed by atoms with Crippen LogP contribution in [0, 0.1) is 0 Å². The fourth-order valence-electron chi connectivity index (χ4n) is 1.90. The predicted molar refractivity (Wildman–Crippen MR) is 59.1 cm³/mol. The molecule has 1 aliphatic heterocycles. The second kappa shape index (κ2) is 3.24. The van der Waals surface area contributed by atoms with Crippen molar-refractivity contribution in [2.45, 2.75) is 12.5 Å². The number of fused-ring (bicyclic) bond motifs is 1. The Morgan fingerprint density at radius 2 is 2.00 bits per heavy atom. The van der Waals surface area contributed by atoms with Crippen molar-refractivity contribution < 1.29 is 9.84 Å². The van der Waals surface area contributed by atoms with Crippen LogP contribution in [0.1, 0.15) is 5.56 Å².